The Kier molecular flexibility index (Phi) is 5.36. The Morgan fingerprint density at radius 1 is 1.22 bits per heavy atom. The number of hydrogen-bond acceptors (Lipinski definition) is 4. The van der Waals surface area contributed by atoms with Gasteiger partial charge in [0.25, 0.3) is 0 Å². The summed E-state index contributed by atoms with van der Waals surface area (Å²) in [6.45, 7) is 6.47. The summed E-state index contributed by atoms with van der Waals surface area (Å²) >= 11 is 0. The molecular weight excluding hydrogens is 290 g/mol. The molecule has 128 valence electrons. The van der Waals surface area contributed by atoms with Crippen LogP contribution in [0.25, 0.3) is 0 Å². The van der Waals surface area contributed by atoms with Crippen LogP contribution in [-0.2, 0) is 11.3 Å². The highest BCUT2D eigenvalue weighted by Gasteiger charge is 2.28. The Hall–Kier alpha value is -1.36. The van der Waals surface area contributed by atoms with Crippen molar-refractivity contribution in [1.82, 2.24) is 15.2 Å². The maximum Gasteiger partial charge on any atom is 0.224 e. The average Bonchev–Trinajstić information content (AvgIpc) is 2.86. The fourth-order valence-electron chi connectivity index (χ4n) is 3.78. The molecule has 1 aromatic rings. The van der Waals surface area contributed by atoms with Crippen LogP contribution in [0, 0.1) is 19.8 Å². The van der Waals surface area contributed by atoms with Crippen LogP contribution in [0.4, 0.5) is 0 Å². The van der Waals surface area contributed by atoms with Crippen LogP contribution < -0.4 is 5.32 Å². The first-order valence-corrected chi connectivity index (χ1v) is 9.07. The maximum absolute atomic E-state index is 12.5. The van der Waals surface area contributed by atoms with E-state index in [9.17, 15) is 4.79 Å². The Bertz CT molecular complexity index is 515. The molecule has 1 atom stereocenters. The summed E-state index contributed by atoms with van der Waals surface area (Å²) in [6.07, 6.45) is 8.20. The third kappa shape index (κ3) is 4.34. The summed E-state index contributed by atoms with van der Waals surface area (Å²) in [4.78, 5) is 19.3. The van der Waals surface area contributed by atoms with Gasteiger partial charge in [-0.2, -0.15) is 0 Å². The third-order valence-corrected chi connectivity index (χ3v) is 5.26. The lowest BCUT2D eigenvalue weighted by Crippen LogP contribution is -2.46. The molecule has 1 saturated heterocycles. The zero-order valence-electron chi connectivity index (χ0n) is 14.4. The summed E-state index contributed by atoms with van der Waals surface area (Å²) in [6, 6.07) is 0.406. The lowest BCUT2D eigenvalue weighted by Gasteiger charge is -2.32. The number of nitrogens with zero attached hydrogens (tertiary/aromatic N) is 2. The Labute approximate surface area is 138 Å². The smallest absolute Gasteiger partial charge is 0.224 e. The zero-order chi connectivity index (χ0) is 16.2. The van der Waals surface area contributed by atoms with Crippen molar-refractivity contribution < 1.29 is 9.21 Å². The maximum atomic E-state index is 12.5. The highest BCUT2D eigenvalue weighted by molar-refractivity contribution is 5.79. The van der Waals surface area contributed by atoms with Gasteiger partial charge in [-0.1, -0.05) is 19.3 Å². The third-order valence-electron chi connectivity index (χ3n) is 5.26. The van der Waals surface area contributed by atoms with Crippen molar-refractivity contribution in [3.05, 3.63) is 17.3 Å². The number of amides is 1. The Morgan fingerprint density at radius 3 is 2.70 bits per heavy atom. The second kappa shape index (κ2) is 7.47. The number of oxazole rings is 1. The first kappa shape index (κ1) is 16.5. The van der Waals surface area contributed by atoms with Crippen LogP contribution in [0.1, 0.15) is 62.3 Å². The molecule has 0 bridgehead atoms. The van der Waals surface area contributed by atoms with Crippen molar-refractivity contribution in [3.8, 4) is 0 Å². The first-order chi connectivity index (χ1) is 11.1. The van der Waals surface area contributed by atoms with Crippen molar-refractivity contribution in [3.63, 3.8) is 0 Å². The number of carbonyl (C=O) groups is 1. The minimum atomic E-state index is 0.114. The lowest BCUT2D eigenvalue weighted by atomic mass is 9.93. The van der Waals surface area contributed by atoms with Crippen LogP contribution in [-0.4, -0.2) is 34.9 Å². The van der Waals surface area contributed by atoms with Gasteiger partial charge in [-0.25, -0.2) is 4.98 Å². The largest absolute Gasteiger partial charge is 0.444 e. The van der Waals surface area contributed by atoms with Gasteiger partial charge in [0.2, 0.25) is 11.8 Å². The van der Waals surface area contributed by atoms with Crippen LogP contribution in [0.3, 0.4) is 0 Å². The van der Waals surface area contributed by atoms with Crippen molar-refractivity contribution >= 4 is 5.91 Å². The van der Waals surface area contributed by atoms with Gasteiger partial charge in [-0.15, -0.1) is 0 Å². The van der Waals surface area contributed by atoms with Gasteiger partial charge in [0, 0.05) is 12.6 Å². The number of likely N-dealkylation sites (tertiary alicyclic amines) is 1. The SMILES string of the molecule is Cc1nc(CN2CCC[C@@H](C(=O)NC3CCCCC3)C2)oc1C. The molecule has 2 fully saturated rings. The van der Waals surface area contributed by atoms with Crippen molar-refractivity contribution in [2.45, 2.75) is 71.4 Å². The molecule has 2 heterocycles. The van der Waals surface area contributed by atoms with Crippen molar-refractivity contribution in [2.75, 3.05) is 13.1 Å². The highest BCUT2D eigenvalue weighted by atomic mass is 16.4. The highest BCUT2D eigenvalue weighted by Crippen LogP contribution is 2.22. The fraction of sp³-hybridized carbons (Fsp3) is 0.778. The van der Waals surface area contributed by atoms with Crippen molar-refractivity contribution in [1.29, 1.82) is 0 Å². The van der Waals surface area contributed by atoms with E-state index >= 15 is 0 Å². The topological polar surface area (TPSA) is 58.4 Å². The van der Waals surface area contributed by atoms with Gasteiger partial charge in [0.05, 0.1) is 18.2 Å². The van der Waals surface area contributed by atoms with Gasteiger partial charge in [-0.3, -0.25) is 9.69 Å². The van der Waals surface area contributed by atoms with Crippen LogP contribution >= 0.6 is 0 Å². The molecule has 3 rings (SSSR count). The van der Waals surface area contributed by atoms with E-state index in [0.717, 1.165) is 56.1 Å². The van der Waals surface area contributed by atoms with Gasteiger partial charge < -0.3 is 9.73 Å². The second-order valence-corrected chi connectivity index (χ2v) is 7.17. The van der Waals surface area contributed by atoms with Crippen LogP contribution in [0.5, 0.6) is 0 Å². The molecule has 2 aliphatic rings. The van der Waals surface area contributed by atoms with E-state index in [0.29, 0.717) is 12.6 Å². The van der Waals surface area contributed by atoms with E-state index in [1.165, 1.54) is 19.3 Å². The molecule has 5 nitrogen and oxygen atoms in total. The van der Waals surface area contributed by atoms with Gasteiger partial charge in [0.1, 0.15) is 5.76 Å². The molecule has 0 radical (unpaired) electrons. The molecule has 1 amide bonds. The fourth-order valence-corrected chi connectivity index (χ4v) is 3.78. The molecule has 1 aromatic heterocycles. The molecule has 5 heteroatoms. The molecule has 0 spiro atoms. The number of carbonyl (C=O) groups excluding carboxylic acids is 1. The number of aryl methyl sites for hydroxylation is 2. The number of piperidine rings is 1. The number of rotatable bonds is 4. The normalized spacial score (nSPS) is 23.8. The molecule has 1 aliphatic carbocycles. The predicted molar refractivity (Wildman–Crippen MR) is 89.0 cm³/mol. The Morgan fingerprint density at radius 2 is 2.00 bits per heavy atom. The molecule has 0 unspecified atom stereocenters. The van der Waals surface area contributed by atoms with Crippen molar-refractivity contribution in [2.24, 2.45) is 5.92 Å². The van der Waals surface area contributed by atoms with Gasteiger partial charge in [0.15, 0.2) is 0 Å². The summed E-state index contributed by atoms with van der Waals surface area (Å²) in [5, 5.41) is 3.28. The van der Waals surface area contributed by atoms with E-state index in [4.69, 9.17) is 4.42 Å². The summed E-state index contributed by atoms with van der Waals surface area (Å²) in [5.74, 6) is 2.03. The lowest BCUT2D eigenvalue weighted by molar-refractivity contribution is -0.127. The van der Waals surface area contributed by atoms with E-state index in [1.807, 2.05) is 13.8 Å². The van der Waals surface area contributed by atoms with Gasteiger partial charge in [-0.05, 0) is 46.1 Å². The van der Waals surface area contributed by atoms with E-state index < -0.39 is 0 Å². The first-order valence-electron chi connectivity index (χ1n) is 9.07. The summed E-state index contributed by atoms with van der Waals surface area (Å²) < 4.78 is 5.68. The molecule has 1 N–H and O–H groups in total. The number of nitrogens with one attached hydrogen (secondary N) is 1. The molecular formula is C18H29N3O2. The van der Waals surface area contributed by atoms with Gasteiger partial charge >= 0.3 is 0 Å². The molecule has 1 saturated carbocycles. The monoisotopic (exact) mass is 319 g/mol. The molecule has 0 aromatic carbocycles. The number of aromatic nitrogens is 1. The summed E-state index contributed by atoms with van der Waals surface area (Å²) in [5.41, 5.74) is 0.962. The zero-order valence-corrected chi connectivity index (χ0v) is 14.4. The van der Waals surface area contributed by atoms with E-state index in [2.05, 4.69) is 15.2 Å². The minimum Gasteiger partial charge on any atom is -0.444 e. The van der Waals surface area contributed by atoms with E-state index in [-0.39, 0.29) is 11.8 Å². The quantitative estimate of drug-likeness (QED) is 0.927. The van der Waals surface area contributed by atoms with Crippen LogP contribution in [0.2, 0.25) is 0 Å². The number of hydrogen-bond donors (Lipinski definition) is 1. The van der Waals surface area contributed by atoms with E-state index in [1.54, 1.807) is 0 Å². The molecule has 23 heavy (non-hydrogen) atoms. The Balaban J connectivity index is 1.51. The minimum absolute atomic E-state index is 0.114. The molecule has 1 aliphatic heterocycles. The average molecular weight is 319 g/mol. The predicted octanol–water partition coefficient (Wildman–Crippen LogP) is 2.95. The standard InChI is InChI=1S/C18H29N3O2/c1-13-14(2)23-17(19-13)12-21-10-6-7-15(11-21)18(22)20-16-8-4-3-5-9-16/h15-16H,3-12H2,1-2H3,(H,20,22)/t15-/m1/s1. The second-order valence-electron chi connectivity index (χ2n) is 7.17. The van der Waals surface area contributed by atoms with Crippen LogP contribution in [0.15, 0.2) is 4.42 Å². The summed E-state index contributed by atoms with van der Waals surface area (Å²) in [7, 11) is 0.